The van der Waals surface area contributed by atoms with E-state index in [1.165, 1.54) is 30.5 Å². The zero-order valence-electron chi connectivity index (χ0n) is 10.7. The highest BCUT2D eigenvalue weighted by atomic mass is 35.5. The first-order valence-electron chi connectivity index (χ1n) is 5.93. The van der Waals surface area contributed by atoms with Crippen molar-refractivity contribution >= 4 is 23.3 Å². The van der Waals surface area contributed by atoms with Crippen LogP contribution in [0.4, 0.5) is 10.2 Å². The van der Waals surface area contributed by atoms with Crippen LogP contribution in [0.15, 0.2) is 36.5 Å². The minimum Gasteiger partial charge on any atom is -0.384 e. The highest BCUT2D eigenvalue weighted by Gasteiger charge is 2.14. The first-order chi connectivity index (χ1) is 10.1. The lowest BCUT2D eigenvalue weighted by atomic mass is 10.2. The van der Waals surface area contributed by atoms with Gasteiger partial charge in [0.25, 0.3) is 5.91 Å². The van der Waals surface area contributed by atoms with Gasteiger partial charge in [-0.3, -0.25) is 4.79 Å². The number of carbonyl (C=O) groups is 1. The van der Waals surface area contributed by atoms with E-state index in [2.05, 4.69) is 22.1 Å². The van der Waals surface area contributed by atoms with Gasteiger partial charge in [-0.05, 0) is 24.3 Å². The molecule has 0 saturated heterocycles. The summed E-state index contributed by atoms with van der Waals surface area (Å²) < 4.78 is 13.7. The molecule has 1 aromatic heterocycles. The predicted molar refractivity (Wildman–Crippen MR) is 77.6 cm³/mol. The van der Waals surface area contributed by atoms with Crippen molar-refractivity contribution < 1.29 is 14.3 Å². The van der Waals surface area contributed by atoms with Crippen LogP contribution in [-0.2, 0) is 0 Å². The molecule has 0 saturated carbocycles. The molecule has 2 aromatic rings. The lowest BCUT2D eigenvalue weighted by Gasteiger charge is -2.06. The van der Waals surface area contributed by atoms with E-state index < -0.39 is 11.7 Å². The second-order valence-electron chi connectivity index (χ2n) is 3.95. The number of benzene rings is 1. The standard InChI is InChI=1S/C15H10ClFN2O2/c16-12-5-1-4-11(14(12)17)15(21)19-13-9-10(3-2-8-20)6-7-18-13/h1,4-7,9,20H,8H2,(H,18,19,21). The number of carbonyl (C=O) groups excluding carboxylic acids is 1. The number of nitrogens with one attached hydrogen (secondary N) is 1. The molecule has 1 aromatic carbocycles. The van der Waals surface area contributed by atoms with Crippen molar-refractivity contribution in [3.05, 3.63) is 58.5 Å². The van der Waals surface area contributed by atoms with Gasteiger partial charge in [0.05, 0.1) is 10.6 Å². The fraction of sp³-hybridized carbons (Fsp3) is 0.0667. The maximum Gasteiger partial charge on any atom is 0.259 e. The number of aliphatic hydroxyl groups is 1. The average molecular weight is 305 g/mol. The van der Waals surface area contributed by atoms with Gasteiger partial charge in [0.1, 0.15) is 12.4 Å². The highest BCUT2D eigenvalue weighted by Crippen LogP contribution is 2.19. The molecule has 0 fully saturated rings. The van der Waals surface area contributed by atoms with Gasteiger partial charge < -0.3 is 10.4 Å². The Labute approximate surface area is 125 Å². The van der Waals surface area contributed by atoms with Crippen molar-refractivity contribution in [3.63, 3.8) is 0 Å². The second-order valence-corrected chi connectivity index (χ2v) is 4.35. The molecular weight excluding hydrogens is 295 g/mol. The number of halogens is 2. The first kappa shape index (κ1) is 15.0. The minimum absolute atomic E-state index is 0.127. The number of aliphatic hydroxyl groups excluding tert-OH is 1. The Morgan fingerprint density at radius 3 is 3.00 bits per heavy atom. The molecule has 0 radical (unpaired) electrons. The molecule has 2 rings (SSSR count). The third-order valence-corrected chi connectivity index (χ3v) is 2.80. The third kappa shape index (κ3) is 3.78. The number of anilines is 1. The van der Waals surface area contributed by atoms with Gasteiger partial charge >= 0.3 is 0 Å². The normalized spacial score (nSPS) is 9.67. The number of hydrogen-bond donors (Lipinski definition) is 2. The van der Waals surface area contributed by atoms with E-state index in [4.69, 9.17) is 16.7 Å². The smallest absolute Gasteiger partial charge is 0.259 e. The summed E-state index contributed by atoms with van der Waals surface area (Å²) in [5.74, 6) is 3.95. The van der Waals surface area contributed by atoms with Gasteiger partial charge in [0, 0.05) is 11.8 Å². The van der Waals surface area contributed by atoms with Crippen LogP contribution in [0.3, 0.4) is 0 Å². The molecule has 2 N–H and O–H groups in total. The molecular formula is C15H10ClFN2O2. The van der Waals surface area contributed by atoms with Gasteiger partial charge in [0.15, 0.2) is 5.82 Å². The third-order valence-electron chi connectivity index (χ3n) is 2.51. The summed E-state index contributed by atoms with van der Waals surface area (Å²) >= 11 is 5.63. The minimum atomic E-state index is -0.784. The van der Waals surface area contributed by atoms with Crippen molar-refractivity contribution in [1.82, 2.24) is 4.98 Å². The van der Waals surface area contributed by atoms with Crippen LogP contribution in [0.5, 0.6) is 0 Å². The van der Waals surface area contributed by atoms with Gasteiger partial charge in [-0.2, -0.15) is 0 Å². The lowest BCUT2D eigenvalue weighted by molar-refractivity contribution is 0.102. The number of pyridine rings is 1. The van der Waals surface area contributed by atoms with Crippen LogP contribution in [0.2, 0.25) is 5.02 Å². The van der Waals surface area contributed by atoms with E-state index in [1.54, 1.807) is 6.07 Å². The van der Waals surface area contributed by atoms with Crippen LogP contribution in [0.25, 0.3) is 0 Å². The number of nitrogens with zero attached hydrogens (tertiary/aromatic N) is 1. The monoisotopic (exact) mass is 304 g/mol. The topological polar surface area (TPSA) is 62.2 Å². The lowest BCUT2D eigenvalue weighted by Crippen LogP contribution is -2.14. The molecule has 21 heavy (non-hydrogen) atoms. The zero-order valence-corrected chi connectivity index (χ0v) is 11.5. The van der Waals surface area contributed by atoms with Gasteiger partial charge in [-0.1, -0.05) is 29.5 Å². The summed E-state index contributed by atoms with van der Waals surface area (Å²) in [4.78, 5) is 15.9. The number of hydrogen-bond acceptors (Lipinski definition) is 3. The molecule has 0 aliphatic carbocycles. The van der Waals surface area contributed by atoms with Crippen molar-refractivity contribution in [2.75, 3.05) is 11.9 Å². The van der Waals surface area contributed by atoms with Crippen molar-refractivity contribution in [1.29, 1.82) is 0 Å². The fourth-order valence-electron chi connectivity index (χ4n) is 1.58. The van der Waals surface area contributed by atoms with Gasteiger partial charge in [-0.25, -0.2) is 9.37 Å². The van der Waals surface area contributed by atoms with Crippen molar-refractivity contribution in [3.8, 4) is 11.8 Å². The first-order valence-corrected chi connectivity index (χ1v) is 6.31. The average Bonchev–Trinajstić information content (AvgIpc) is 2.48. The zero-order chi connectivity index (χ0) is 15.2. The van der Waals surface area contributed by atoms with Crippen LogP contribution in [0, 0.1) is 17.7 Å². The Balaban J connectivity index is 2.22. The van der Waals surface area contributed by atoms with Crippen molar-refractivity contribution in [2.24, 2.45) is 0 Å². The molecule has 0 unspecified atom stereocenters. The summed E-state index contributed by atoms with van der Waals surface area (Å²) in [6.45, 7) is -0.266. The summed E-state index contributed by atoms with van der Waals surface area (Å²) in [6, 6.07) is 7.31. The van der Waals surface area contributed by atoms with Gasteiger partial charge in [0.2, 0.25) is 0 Å². The van der Waals surface area contributed by atoms with E-state index in [1.807, 2.05) is 0 Å². The Bertz CT molecular complexity index is 738. The summed E-state index contributed by atoms with van der Waals surface area (Å²) in [6.07, 6.45) is 1.45. The summed E-state index contributed by atoms with van der Waals surface area (Å²) in [7, 11) is 0. The number of rotatable bonds is 2. The molecule has 1 amide bonds. The fourth-order valence-corrected chi connectivity index (χ4v) is 1.76. The molecule has 6 heteroatoms. The Hall–Kier alpha value is -2.42. The molecule has 106 valence electrons. The SMILES string of the molecule is O=C(Nc1cc(C#CCO)ccn1)c1cccc(Cl)c1F. The van der Waals surface area contributed by atoms with Crippen LogP contribution in [-0.4, -0.2) is 22.6 Å². The molecule has 0 spiro atoms. The van der Waals surface area contributed by atoms with Crippen molar-refractivity contribution in [2.45, 2.75) is 0 Å². The highest BCUT2D eigenvalue weighted by molar-refractivity contribution is 6.31. The second kappa shape index (κ2) is 6.84. The summed E-state index contributed by atoms with van der Waals surface area (Å²) in [5, 5.41) is 11.0. The van der Waals surface area contributed by atoms with E-state index in [0.717, 1.165) is 0 Å². The molecule has 0 aliphatic rings. The van der Waals surface area contributed by atoms with Crippen LogP contribution < -0.4 is 5.32 Å². The van der Waals surface area contributed by atoms with Gasteiger partial charge in [-0.15, -0.1) is 0 Å². The van der Waals surface area contributed by atoms with E-state index in [-0.39, 0.29) is 23.0 Å². The maximum absolute atomic E-state index is 13.7. The molecule has 1 heterocycles. The maximum atomic E-state index is 13.7. The van der Waals surface area contributed by atoms with E-state index >= 15 is 0 Å². The Kier molecular flexibility index (Phi) is 4.88. The predicted octanol–water partition coefficient (Wildman–Crippen LogP) is 2.47. The molecule has 0 aliphatic heterocycles. The van der Waals surface area contributed by atoms with E-state index in [9.17, 15) is 9.18 Å². The van der Waals surface area contributed by atoms with Crippen LogP contribution in [0.1, 0.15) is 15.9 Å². The Morgan fingerprint density at radius 1 is 1.43 bits per heavy atom. The summed E-state index contributed by atoms with van der Waals surface area (Å²) in [5.41, 5.74) is 0.400. The number of aromatic nitrogens is 1. The van der Waals surface area contributed by atoms with Crippen LogP contribution >= 0.6 is 11.6 Å². The molecule has 4 nitrogen and oxygen atoms in total. The quantitative estimate of drug-likeness (QED) is 0.838. The number of amides is 1. The molecule has 0 bridgehead atoms. The molecule has 0 atom stereocenters. The Morgan fingerprint density at radius 2 is 2.24 bits per heavy atom. The largest absolute Gasteiger partial charge is 0.384 e. The van der Waals surface area contributed by atoms with E-state index in [0.29, 0.717) is 5.56 Å².